The zero-order valence-corrected chi connectivity index (χ0v) is 15.3. The molecule has 0 spiro atoms. The lowest BCUT2D eigenvalue weighted by Gasteiger charge is -2.17. The van der Waals surface area contributed by atoms with E-state index >= 15 is 0 Å². The number of nitrogens with two attached hydrogens (primary N) is 1. The molecular weight excluding hydrogens is 292 g/mol. The van der Waals surface area contributed by atoms with E-state index < -0.39 is 22.0 Å². The van der Waals surface area contributed by atoms with Crippen LogP contribution in [0.3, 0.4) is 0 Å². The van der Waals surface area contributed by atoms with Gasteiger partial charge in [-0.25, -0.2) is 8.42 Å². The summed E-state index contributed by atoms with van der Waals surface area (Å²) in [7, 11) is -2.23. The van der Waals surface area contributed by atoms with E-state index in [4.69, 9.17) is 5.14 Å². The average molecular weight is 323 g/mol. The summed E-state index contributed by atoms with van der Waals surface area (Å²) in [6, 6.07) is 0. The van der Waals surface area contributed by atoms with Crippen LogP contribution in [0.1, 0.15) is 73.6 Å². The van der Waals surface area contributed by atoms with Crippen molar-refractivity contribution >= 4 is 27.7 Å². The van der Waals surface area contributed by atoms with E-state index in [2.05, 4.69) is 4.40 Å². The SMILES string of the molecule is CC(C)(C)[S@@](N)=O.CC(C)(C)[S@](=O)N=C1CCCCC1. The second-order valence-corrected chi connectivity index (χ2v) is 10.7. The Labute approximate surface area is 129 Å². The molecule has 0 saturated heterocycles. The molecule has 2 atom stereocenters. The van der Waals surface area contributed by atoms with Gasteiger partial charge in [0.25, 0.3) is 0 Å². The number of hydrogen-bond donors (Lipinski definition) is 1. The van der Waals surface area contributed by atoms with Crippen molar-refractivity contribution in [3.05, 3.63) is 0 Å². The molecule has 20 heavy (non-hydrogen) atoms. The van der Waals surface area contributed by atoms with Crippen LogP contribution >= 0.6 is 0 Å². The van der Waals surface area contributed by atoms with Gasteiger partial charge in [0.2, 0.25) is 0 Å². The van der Waals surface area contributed by atoms with E-state index in [1.54, 1.807) is 0 Å². The van der Waals surface area contributed by atoms with Crippen LogP contribution in [0.25, 0.3) is 0 Å². The van der Waals surface area contributed by atoms with Crippen LogP contribution in [0.5, 0.6) is 0 Å². The molecule has 0 aromatic carbocycles. The maximum absolute atomic E-state index is 11.7. The van der Waals surface area contributed by atoms with Crippen LogP contribution in [0.2, 0.25) is 0 Å². The summed E-state index contributed by atoms with van der Waals surface area (Å²) < 4.78 is 25.9. The van der Waals surface area contributed by atoms with Gasteiger partial charge in [0.1, 0.15) is 11.0 Å². The number of nitrogens with zero attached hydrogens (tertiary/aromatic N) is 1. The zero-order valence-electron chi connectivity index (χ0n) is 13.7. The predicted molar refractivity (Wildman–Crippen MR) is 90.5 cm³/mol. The van der Waals surface area contributed by atoms with Crippen LogP contribution in [0, 0.1) is 0 Å². The summed E-state index contributed by atoms with van der Waals surface area (Å²) in [5, 5.41) is 5.04. The van der Waals surface area contributed by atoms with Crippen molar-refractivity contribution < 1.29 is 8.42 Å². The highest BCUT2D eigenvalue weighted by Crippen LogP contribution is 2.18. The molecule has 0 radical (unpaired) electrons. The Hall–Kier alpha value is -0.0700. The summed E-state index contributed by atoms with van der Waals surface area (Å²) in [5.41, 5.74) is 1.17. The van der Waals surface area contributed by atoms with Crippen molar-refractivity contribution in [3.63, 3.8) is 0 Å². The quantitative estimate of drug-likeness (QED) is 0.804. The molecule has 0 aromatic rings. The van der Waals surface area contributed by atoms with Crippen LogP contribution < -0.4 is 5.14 Å². The van der Waals surface area contributed by atoms with Crippen molar-refractivity contribution in [1.82, 2.24) is 0 Å². The second kappa shape index (κ2) is 8.39. The third-order valence-corrected chi connectivity index (χ3v) is 5.45. The third kappa shape index (κ3) is 8.97. The van der Waals surface area contributed by atoms with Crippen LogP contribution in [0.4, 0.5) is 0 Å². The first-order chi connectivity index (χ1) is 8.94. The largest absolute Gasteiger partial charge is 0.251 e. The molecule has 0 heterocycles. The zero-order chi connectivity index (χ0) is 16.0. The Morgan fingerprint density at radius 2 is 1.30 bits per heavy atom. The maximum Gasteiger partial charge on any atom is 0.144 e. The topological polar surface area (TPSA) is 72.5 Å². The lowest BCUT2D eigenvalue weighted by atomic mass is 9.99. The van der Waals surface area contributed by atoms with Gasteiger partial charge in [0.05, 0.1) is 20.5 Å². The van der Waals surface area contributed by atoms with Crippen LogP contribution in [-0.4, -0.2) is 23.6 Å². The van der Waals surface area contributed by atoms with Crippen LogP contribution in [-0.2, 0) is 22.0 Å². The summed E-state index contributed by atoms with van der Waals surface area (Å²) >= 11 is 0. The first kappa shape index (κ1) is 19.9. The van der Waals surface area contributed by atoms with E-state index in [0.29, 0.717) is 0 Å². The van der Waals surface area contributed by atoms with Crippen molar-refractivity contribution in [2.24, 2.45) is 9.54 Å². The molecule has 2 N–H and O–H groups in total. The summed E-state index contributed by atoms with van der Waals surface area (Å²) in [6.07, 6.45) is 5.87. The monoisotopic (exact) mass is 322 g/mol. The van der Waals surface area contributed by atoms with E-state index in [0.717, 1.165) is 12.8 Å². The maximum atomic E-state index is 11.7. The molecule has 1 aliphatic rings. The molecule has 6 heteroatoms. The van der Waals surface area contributed by atoms with Gasteiger partial charge < -0.3 is 0 Å². The molecule has 0 aromatic heterocycles. The Morgan fingerprint density at radius 1 is 0.900 bits per heavy atom. The lowest BCUT2D eigenvalue weighted by molar-refractivity contribution is 0.646. The fourth-order valence-electron chi connectivity index (χ4n) is 1.31. The second-order valence-electron chi connectivity index (χ2n) is 6.99. The normalized spacial score (nSPS) is 19.6. The van der Waals surface area contributed by atoms with Gasteiger partial charge in [0, 0.05) is 5.71 Å². The van der Waals surface area contributed by atoms with E-state index in [9.17, 15) is 8.42 Å². The van der Waals surface area contributed by atoms with Crippen LogP contribution in [0.15, 0.2) is 4.40 Å². The first-order valence-corrected chi connectivity index (χ1v) is 9.41. The Morgan fingerprint density at radius 3 is 1.60 bits per heavy atom. The molecule has 0 aliphatic heterocycles. The Balaban J connectivity index is 0.000000441. The molecule has 1 fully saturated rings. The molecular formula is C14H30N2O2S2. The number of hydrogen-bond acceptors (Lipinski definition) is 2. The molecule has 0 unspecified atom stereocenters. The highest BCUT2D eigenvalue weighted by atomic mass is 32.2. The van der Waals surface area contributed by atoms with E-state index in [1.807, 2.05) is 41.5 Å². The summed E-state index contributed by atoms with van der Waals surface area (Å²) in [6.45, 7) is 11.4. The van der Waals surface area contributed by atoms with Gasteiger partial charge in [-0.05, 0) is 67.2 Å². The number of rotatable bonds is 1. The van der Waals surface area contributed by atoms with E-state index in [-0.39, 0.29) is 9.49 Å². The van der Waals surface area contributed by atoms with Gasteiger partial charge >= 0.3 is 0 Å². The van der Waals surface area contributed by atoms with Crippen molar-refractivity contribution in [3.8, 4) is 0 Å². The minimum atomic E-state index is -1.18. The standard InChI is InChI=1S/C10H19NOS.C4H11NOS/c1-10(2,3)13(12)11-9-7-5-4-6-8-9;1-4(2,3)7(5)6/h4-8H2,1-3H3;5H2,1-3H3/t13-;7-/m00/s1. The van der Waals surface area contributed by atoms with Gasteiger partial charge in [-0.15, -0.1) is 0 Å². The van der Waals surface area contributed by atoms with Gasteiger partial charge in [-0.3, -0.25) is 5.14 Å². The Bertz CT molecular complexity index is 372. The molecule has 1 rings (SSSR count). The molecule has 1 saturated carbocycles. The molecule has 0 bridgehead atoms. The van der Waals surface area contributed by atoms with Crippen molar-refractivity contribution in [2.45, 2.75) is 83.1 Å². The minimum Gasteiger partial charge on any atom is -0.251 e. The fourth-order valence-corrected chi connectivity index (χ4v) is 2.00. The van der Waals surface area contributed by atoms with Crippen molar-refractivity contribution in [1.29, 1.82) is 0 Å². The average Bonchev–Trinajstić information content (AvgIpc) is 2.28. The molecule has 4 nitrogen and oxygen atoms in total. The van der Waals surface area contributed by atoms with Gasteiger partial charge in [-0.1, -0.05) is 6.42 Å². The fraction of sp³-hybridized carbons (Fsp3) is 0.929. The highest BCUT2D eigenvalue weighted by Gasteiger charge is 2.20. The predicted octanol–water partition coefficient (Wildman–Crippen LogP) is 3.26. The first-order valence-electron chi connectivity index (χ1n) is 7.09. The summed E-state index contributed by atoms with van der Waals surface area (Å²) in [5.74, 6) is 0. The minimum absolute atomic E-state index is 0.204. The molecule has 1 aliphatic carbocycles. The van der Waals surface area contributed by atoms with Crippen molar-refractivity contribution in [2.75, 3.05) is 0 Å². The van der Waals surface area contributed by atoms with Gasteiger partial charge in [-0.2, -0.15) is 4.40 Å². The smallest absolute Gasteiger partial charge is 0.144 e. The lowest BCUT2D eigenvalue weighted by Crippen LogP contribution is -2.27. The van der Waals surface area contributed by atoms with Gasteiger partial charge in [0.15, 0.2) is 0 Å². The molecule has 0 amide bonds. The summed E-state index contributed by atoms with van der Waals surface area (Å²) in [4.78, 5) is 0. The Kier molecular flexibility index (Phi) is 8.36. The van der Waals surface area contributed by atoms with E-state index in [1.165, 1.54) is 25.0 Å². The third-order valence-electron chi connectivity index (χ3n) is 2.77. The molecule has 120 valence electrons. The highest BCUT2D eigenvalue weighted by molar-refractivity contribution is 7.85.